The Labute approximate surface area is 120 Å². The molecule has 104 valence electrons. The number of nitrogens with zero attached hydrogens (tertiary/aromatic N) is 3. The van der Waals surface area contributed by atoms with Gasteiger partial charge in [0.1, 0.15) is 11.3 Å². The Morgan fingerprint density at radius 3 is 2.76 bits per heavy atom. The number of carboxylic acids is 1. The van der Waals surface area contributed by atoms with Crippen LogP contribution in [0.3, 0.4) is 0 Å². The molecule has 2 aromatic heterocycles. The Morgan fingerprint density at radius 2 is 1.95 bits per heavy atom. The van der Waals surface area contributed by atoms with E-state index in [2.05, 4.69) is 15.0 Å². The van der Waals surface area contributed by atoms with E-state index in [-0.39, 0.29) is 5.56 Å². The van der Waals surface area contributed by atoms with E-state index in [0.29, 0.717) is 28.4 Å². The lowest BCUT2D eigenvalue weighted by Crippen LogP contribution is -2.01. The van der Waals surface area contributed by atoms with Crippen molar-refractivity contribution in [2.75, 3.05) is 0 Å². The van der Waals surface area contributed by atoms with E-state index in [4.69, 9.17) is 9.84 Å². The summed E-state index contributed by atoms with van der Waals surface area (Å²) in [4.78, 5) is 23.6. The Morgan fingerprint density at radius 1 is 1.14 bits per heavy atom. The van der Waals surface area contributed by atoms with Crippen molar-refractivity contribution >= 4 is 17.1 Å². The number of aromatic nitrogens is 3. The number of carbonyl (C=O) groups is 1. The van der Waals surface area contributed by atoms with Gasteiger partial charge in [-0.3, -0.25) is 4.98 Å². The fourth-order valence-corrected chi connectivity index (χ4v) is 1.96. The van der Waals surface area contributed by atoms with Gasteiger partial charge in [-0.05, 0) is 25.1 Å². The van der Waals surface area contributed by atoms with Gasteiger partial charge < -0.3 is 9.84 Å². The lowest BCUT2D eigenvalue weighted by atomic mass is 10.1. The topological polar surface area (TPSA) is 85.2 Å². The maximum Gasteiger partial charge on any atom is 0.336 e. The zero-order valence-corrected chi connectivity index (χ0v) is 11.1. The van der Waals surface area contributed by atoms with Crippen LogP contribution in [0.2, 0.25) is 0 Å². The molecule has 0 saturated carbocycles. The largest absolute Gasteiger partial charge is 0.478 e. The van der Waals surface area contributed by atoms with Crippen molar-refractivity contribution in [1.29, 1.82) is 0 Å². The molecular formula is C15H11N3O3. The summed E-state index contributed by atoms with van der Waals surface area (Å²) < 4.78 is 5.67. The summed E-state index contributed by atoms with van der Waals surface area (Å²) in [5.74, 6) is -0.199. The van der Waals surface area contributed by atoms with Crippen molar-refractivity contribution in [3.05, 3.63) is 53.9 Å². The molecule has 6 nitrogen and oxygen atoms in total. The predicted octanol–water partition coefficient (Wildman–Crippen LogP) is 2.82. The smallest absolute Gasteiger partial charge is 0.336 e. The molecule has 0 saturated heterocycles. The van der Waals surface area contributed by atoms with Crippen molar-refractivity contribution in [2.45, 2.75) is 6.92 Å². The average Bonchev–Trinajstić information content (AvgIpc) is 2.49. The highest BCUT2D eigenvalue weighted by Crippen LogP contribution is 2.26. The van der Waals surface area contributed by atoms with Crippen LogP contribution >= 0.6 is 0 Å². The Hall–Kier alpha value is -3.02. The fraction of sp³-hybridized carbons (Fsp3) is 0.0667. The average molecular weight is 281 g/mol. The molecule has 1 aromatic carbocycles. The minimum atomic E-state index is -0.990. The summed E-state index contributed by atoms with van der Waals surface area (Å²) in [6.07, 6.45) is 3.14. The second-order valence-electron chi connectivity index (χ2n) is 4.38. The second kappa shape index (κ2) is 5.16. The van der Waals surface area contributed by atoms with Crippen LogP contribution in [-0.4, -0.2) is 26.0 Å². The predicted molar refractivity (Wildman–Crippen MR) is 75.5 cm³/mol. The van der Waals surface area contributed by atoms with E-state index in [1.165, 1.54) is 6.07 Å². The number of aromatic carboxylic acids is 1. The highest BCUT2D eigenvalue weighted by molar-refractivity contribution is 5.90. The fourth-order valence-electron chi connectivity index (χ4n) is 1.96. The third kappa shape index (κ3) is 2.51. The van der Waals surface area contributed by atoms with Crippen LogP contribution in [0, 0.1) is 6.92 Å². The van der Waals surface area contributed by atoms with E-state index >= 15 is 0 Å². The Kier molecular flexibility index (Phi) is 3.19. The summed E-state index contributed by atoms with van der Waals surface area (Å²) >= 11 is 0. The number of carboxylic acid groups (broad SMARTS) is 1. The summed E-state index contributed by atoms with van der Waals surface area (Å²) in [7, 11) is 0. The molecule has 0 unspecified atom stereocenters. The van der Waals surface area contributed by atoms with Crippen LogP contribution in [0.15, 0.2) is 42.7 Å². The van der Waals surface area contributed by atoms with Gasteiger partial charge in [0, 0.05) is 24.0 Å². The highest BCUT2D eigenvalue weighted by Gasteiger charge is 2.12. The highest BCUT2D eigenvalue weighted by atomic mass is 16.5. The lowest BCUT2D eigenvalue weighted by molar-refractivity contribution is 0.0695. The van der Waals surface area contributed by atoms with E-state index in [1.54, 1.807) is 43.6 Å². The third-order valence-electron chi connectivity index (χ3n) is 3.04. The van der Waals surface area contributed by atoms with Gasteiger partial charge in [0.25, 0.3) is 0 Å². The van der Waals surface area contributed by atoms with E-state index in [9.17, 15) is 4.79 Å². The van der Waals surface area contributed by atoms with Crippen LogP contribution in [0.25, 0.3) is 11.2 Å². The molecule has 0 aliphatic heterocycles. The van der Waals surface area contributed by atoms with Gasteiger partial charge in [0.2, 0.25) is 5.88 Å². The molecule has 0 radical (unpaired) electrons. The van der Waals surface area contributed by atoms with Crippen molar-refractivity contribution in [1.82, 2.24) is 15.0 Å². The zero-order chi connectivity index (χ0) is 14.8. The summed E-state index contributed by atoms with van der Waals surface area (Å²) in [5, 5.41) is 9.11. The lowest BCUT2D eigenvalue weighted by Gasteiger charge is -2.09. The van der Waals surface area contributed by atoms with Crippen LogP contribution < -0.4 is 4.74 Å². The Bertz CT molecular complexity index is 833. The first-order chi connectivity index (χ1) is 10.1. The number of rotatable bonds is 3. The first-order valence-electron chi connectivity index (χ1n) is 6.23. The van der Waals surface area contributed by atoms with Gasteiger partial charge in [-0.1, -0.05) is 6.07 Å². The van der Waals surface area contributed by atoms with Crippen LogP contribution in [0.4, 0.5) is 0 Å². The van der Waals surface area contributed by atoms with Crippen molar-refractivity contribution < 1.29 is 14.6 Å². The number of fused-ring (bicyclic) bond motifs is 1. The molecule has 0 aliphatic carbocycles. The summed E-state index contributed by atoms with van der Waals surface area (Å²) in [6, 6.07) is 8.28. The standard InChI is InChI=1S/C15H11N3O3/c1-9-10(15(19)20)3-2-4-12(9)21-13-6-5-11-14(18-13)17-8-7-16-11/h2-8H,1H3,(H,19,20). The van der Waals surface area contributed by atoms with Gasteiger partial charge in [0.15, 0.2) is 5.65 Å². The number of benzene rings is 1. The molecule has 6 heteroatoms. The molecule has 3 aromatic rings. The van der Waals surface area contributed by atoms with Crippen LogP contribution in [0.1, 0.15) is 15.9 Å². The summed E-state index contributed by atoms with van der Waals surface area (Å²) in [5.41, 5.74) is 1.89. The van der Waals surface area contributed by atoms with E-state index < -0.39 is 5.97 Å². The minimum absolute atomic E-state index is 0.202. The van der Waals surface area contributed by atoms with Crippen LogP contribution in [0.5, 0.6) is 11.6 Å². The van der Waals surface area contributed by atoms with Gasteiger partial charge >= 0.3 is 5.97 Å². The number of hydrogen-bond donors (Lipinski definition) is 1. The molecule has 2 heterocycles. The summed E-state index contributed by atoms with van der Waals surface area (Å²) in [6.45, 7) is 1.69. The van der Waals surface area contributed by atoms with Crippen molar-refractivity contribution in [3.8, 4) is 11.6 Å². The van der Waals surface area contributed by atoms with Gasteiger partial charge in [-0.15, -0.1) is 0 Å². The SMILES string of the molecule is Cc1c(Oc2ccc3nccnc3n2)cccc1C(=O)O. The molecular weight excluding hydrogens is 270 g/mol. The molecule has 0 aliphatic rings. The monoisotopic (exact) mass is 281 g/mol. The molecule has 0 bridgehead atoms. The molecule has 0 atom stereocenters. The van der Waals surface area contributed by atoms with Crippen molar-refractivity contribution in [3.63, 3.8) is 0 Å². The minimum Gasteiger partial charge on any atom is -0.478 e. The first kappa shape index (κ1) is 13.0. The maximum absolute atomic E-state index is 11.1. The van der Waals surface area contributed by atoms with E-state index in [0.717, 1.165) is 0 Å². The van der Waals surface area contributed by atoms with Crippen molar-refractivity contribution in [2.24, 2.45) is 0 Å². The van der Waals surface area contributed by atoms with Crippen LogP contribution in [-0.2, 0) is 0 Å². The van der Waals surface area contributed by atoms with Gasteiger partial charge in [-0.25, -0.2) is 9.78 Å². The van der Waals surface area contributed by atoms with Gasteiger partial charge in [-0.2, -0.15) is 4.98 Å². The Balaban J connectivity index is 1.98. The molecule has 0 spiro atoms. The zero-order valence-electron chi connectivity index (χ0n) is 11.1. The molecule has 0 fully saturated rings. The number of hydrogen-bond acceptors (Lipinski definition) is 5. The second-order valence-corrected chi connectivity index (χ2v) is 4.38. The van der Waals surface area contributed by atoms with E-state index in [1.807, 2.05) is 0 Å². The third-order valence-corrected chi connectivity index (χ3v) is 3.04. The molecule has 1 N–H and O–H groups in total. The number of pyridine rings is 1. The number of ether oxygens (including phenoxy) is 1. The molecule has 0 amide bonds. The molecule has 3 rings (SSSR count). The quantitative estimate of drug-likeness (QED) is 0.794. The molecule has 21 heavy (non-hydrogen) atoms. The van der Waals surface area contributed by atoms with Gasteiger partial charge in [0.05, 0.1) is 5.56 Å². The maximum atomic E-state index is 11.1. The normalized spacial score (nSPS) is 10.5. The first-order valence-corrected chi connectivity index (χ1v) is 6.23.